The number of carbonyl (C=O) groups excluding carboxylic acids is 3. The van der Waals surface area contributed by atoms with E-state index < -0.39 is 11.8 Å². The Bertz CT molecular complexity index is 455. The second-order valence-corrected chi connectivity index (χ2v) is 3.10. The number of hydrogen-bond acceptors (Lipinski definition) is 3. The first-order chi connectivity index (χ1) is 7.16. The molecule has 1 aliphatic heterocycles. The zero-order valence-electron chi connectivity index (χ0n) is 7.77. The van der Waals surface area contributed by atoms with Crippen molar-refractivity contribution in [2.24, 2.45) is 0 Å². The van der Waals surface area contributed by atoms with Crippen molar-refractivity contribution in [1.82, 2.24) is 4.90 Å². The van der Waals surface area contributed by atoms with Gasteiger partial charge in [-0.1, -0.05) is 18.7 Å². The SMILES string of the molecule is C=C(C=O)N1C(=O)c2ccccc2C1=O. The molecule has 0 bridgehead atoms. The molecule has 2 rings (SSSR count). The highest BCUT2D eigenvalue weighted by atomic mass is 16.2. The second-order valence-electron chi connectivity index (χ2n) is 3.10. The monoisotopic (exact) mass is 201 g/mol. The van der Waals surface area contributed by atoms with E-state index in [0.29, 0.717) is 17.4 Å². The maximum absolute atomic E-state index is 11.7. The number of amides is 2. The normalized spacial score (nSPS) is 14.0. The van der Waals surface area contributed by atoms with E-state index in [9.17, 15) is 14.4 Å². The van der Waals surface area contributed by atoms with Crippen molar-refractivity contribution < 1.29 is 14.4 Å². The predicted molar refractivity (Wildman–Crippen MR) is 52.1 cm³/mol. The van der Waals surface area contributed by atoms with Crippen LogP contribution in [0.1, 0.15) is 20.7 Å². The van der Waals surface area contributed by atoms with E-state index in [1.165, 1.54) is 0 Å². The summed E-state index contributed by atoms with van der Waals surface area (Å²) >= 11 is 0. The lowest BCUT2D eigenvalue weighted by Crippen LogP contribution is -2.29. The number of carbonyl (C=O) groups is 3. The summed E-state index contributed by atoms with van der Waals surface area (Å²) in [6.45, 7) is 3.36. The summed E-state index contributed by atoms with van der Waals surface area (Å²) in [7, 11) is 0. The lowest BCUT2D eigenvalue weighted by atomic mass is 10.1. The average Bonchev–Trinajstić information content (AvgIpc) is 2.52. The van der Waals surface area contributed by atoms with Crippen LogP contribution in [0.3, 0.4) is 0 Å². The number of rotatable bonds is 2. The maximum atomic E-state index is 11.7. The fourth-order valence-electron chi connectivity index (χ4n) is 1.50. The van der Waals surface area contributed by atoms with E-state index in [4.69, 9.17) is 0 Å². The molecular formula is C11H7NO3. The van der Waals surface area contributed by atoms with Crippen LogP contribution in [-0.4, -0.2) is 23.0 Å². The number of allylic oxidation sites excluding steroid dienone is 1. The highest BCUT2D eigenvalue weighted by Gasteiger charge is 2.36. The van der Waals surface area contributed by atoms with Crippen LogP contribution in [0.15, 0.2) is 36.5 Å². The zero-order chi connectivity index (χ0) is 11.0. The fourth-order valence-corrected chi connectivity index (χ4v) is 1.50. The molecule has 1 aromatic rings. The van der Waals surface area contributed by atoms with Crippen LogP contribution in [0.2, 0.25) is 0 Å². The van der Waals surface area contributed by atoms with Gasteiger partial charge in [0.15, 0.2) is 6.29 Å². The Balaban J connectivity index is 2.55. The van der Waals surface area contributed by atoms with Gasteiger partial charge in [0.1, 0.15) is 0 Å². The third-order valence-corrected chi connectivity index (χ3v) is 2.22. The van der Waals surface area contributed by atoms with E-state index in [1.54, 1.807) is 24.3 Å². The molecule has 4 nitrogen and oxygen atoms in total. The van der Waals surface area contributed by atoms with Gasteiger partial charge in [-0.05, 0) is 12.1 Å². The van der Waals surface area contributed by atoms with Crippen molar-refractivity contribution >= 4 is 18.1 Å². The molecule has 0 saturated heterocycles. The molecule has 0 aliphatic carbocycles. The Morgan fingerprint density at radius 2 is 1.60 bits per heavy atom. The van der Waals surface area contributed by atoms with Gasteiger partial charge in [0.05, 0.1) is 16.8 Å². The molecular weight excluding hydrogens is 194 g/mol. The van der Waals surface area contributed by atoms with Gasteiger partial charge < -0.3 is 0 Å². The minimum Gasteiger partial charge on any atom is -0.296 e. The smallest absolute Gasteiger partial charge is 0.266 e. The van der Waals surface area contributed by atoms with Gasteiger partial charge in [-0.3, -0.25) is 14.4 Å². The Kier molecular flexibility index (Phi) is 1.97. The van der Waals surface area contributed by atoms with Gasteiger partial charge in [-0.2, -0.15) is 0 Å². The highest BCUT2D eigenvalue weighted by molar-refractivity contribution is 6.23. The quantitative estimate of drug-likeness (QED) is 0.407. The Labute approximate surface area is 85.8 Å². The molecule has 0 atom stereocenters. The molecule has 1 aromatic carbocycles. The summed E-state index contributed by atoms with van der Waals surface area (Å²) in [5.74, 6) is -0.986. The Hall–Kier alpha value is -2.23. The Morgan fingerprint density at radius 1 is 1.13 bits per heavy atom. The van der Waals surface area contributed by atoms with Crippen LogP contribution in [0.25, 0.3) is 0 Å². The van der Waals surface area contributed by atoms with Crippen LogP contribution in [0, 0.1) is 0 Å². The number of benzene rings is 1. The van der Waals surface area contributed by atoms with Crippen molar-refractivity contribution in [2.75, 3.05) is 0 Å². The minimum atomic E-state index is -0.493. The van der Waals surface area contributed by atoms with E-state index >= 15 is 0 Å². The second kappa shape index (κ2) is 3.16. The van der Waals surface area contributed by atoms with E-state index in [-0.39, 0.29) is 5.70 Å². The predicted octanol–water partition coefficient (Wildman–Crippen LogP) is 0.995. The molecule has 15 heavy (non-hydrogen) atoms. The standard InChI is InChI=1S/C11H7NO3/c1-7(6-13)12-10(14)8-4-2-3-5-9(8)11(12)15/h2-6H,1H2. The average molecular weight is 201 g/mol. The van der Waals surface area contributed by atoms with Gasteiger partial charge in [0.25, 0.3) is 11.8 Å². The fraction of sp³-hybridized carbons (Fsp3) is 0. The highest BCUT2D eigenvalue weighted by Crippen LogP contribution is 2.24. The molecule has 0 N–H and O–H groups in total. The topological polar surface area (TPSA) is 54.5 Å². The maximum Gasteiger partial charge on any atom is 0.266 e. The zero-order valence-corrected chi connectivity index (χ0v) is 7.77. The molecule has 0 fully saturated rings. The first kappa shape index (κ1) is 9.33. The lowest BCUT2D eigenvalue weighted by molar-refractivity contribution is -0.105. The molecule has 1 aliphatic rings. The molecule has 0 aromatic heterocycles. The van der Waals surface area contributed by atoms with Gasteiger partial charge in [-0.25, -0.2) is 4.90 Å². The first-order valence-electron chi connectivity index (χ1n) is 4.28. The Morgan fingerprint density at radius 3 is 2.00 bits per heavy atom. The van der Waals surface area contributed by atoms with Gasteiger partial charge in [0.2, 0.25) is 0 Å². The van der Waals surface area contributed by atoms with E-state index in [2.05, 4.69) is 6.58 Å². The van der Waals surface area contributed by atoms with E-state index in [1.807, 2.05) is 0 Å². The van der Waals surface area contributed by atoms with Crippen molar-refractivity contribution in [2.45, 2.75) is 0 Å². The third kappa shape index (κ3) is 1.19. The molecule has 0 saturated carbocycles. The van der Waals surface area contributed by atoms with Crippen LogP contribution in [0.5, 0.6) is 0 Å². The van der Waals surface area contributed by atoms with Crippen molar-refractivity contribution in [3.63, 3.8) is 0 Å². The summed E-state index contributed by atoms with van der Waals surface area (Å²) in [4.78, 5) is 34.7. The molecule has 2 amide bonds. The van der Waals surface area contributed by atoms with Gasteiger partial charge in [0, 0.05) is 0 Å². The van der Waals surface area contributed by atoms with Crippen LogP contribution >= 0.6 is 0 Å². The molecule has 74 valence electrons. The summed E-state index contributed by atoms with van der Waals surface area (Å²) in [5, 5.41) is 0. The summed E-state index contributed by atoms with van der Waals surface area (Å²) in [6, 6.07) is 6.43. The van der Waals surface area contributed by atoms with Crippen molar-refractivity contribution in [1.29, 1.82) is 0 Å². The number of fused-ring (bicyclic) bond motifs is 1. The van der Waals surface area contributed by atoms with E-state index in [0.717, 1.165) is 4.90 Å². The molecule has 0 radical (unpaired) electrons. The number of hydrogen-bond donors (Lipinski definition) is 0. The largest absolute Gasteiger partial charge is 0.296 e. The van der Waals surface area contributed by atoms with Crippen LogP contribution in [0.4, 0.5) is 0 Å². The molecule has 0 spiro atoms. The molecule has 1 heterocycles. The first-order valence-corrected chi connectivity index (χ1v) is 4.28. The third-order valence-electron chi connectivity index (χ3n) is 2.22. The molecule has 4 heteroatoms. The van der Waals surface area contributed by atoms with Crippen molar-refractivity contribution in [3.8, 4) is 0 Å². The summed E-state index contributed by atoms with van der Waals surface area (Å²) < 4.78 is 0. The van der Waals surface area contributed by atoms with Gasteiger partial charge >= 0.3 is 0 Å². The lowest BCUT2D eigenvalue weighted by Gasteiger charge is -2.10. The van der Waals surface area contributed by atoms with Gasteiger partial charge in [-0.15, -0.1) is 0 Å². The van der Waals surface area contributed by atoms with Crippen molar-refractivity contribution in [3.05, 3.63) is 47.7 Å². The summed E-state index contributed by atoms with van der Waals surface area (Å²) in [6.07, 6.45) is 0.391. The summed E-state index contributed by atoms with van der Waals surface area (Å²) in [5.41, 5.74) is 0.484. The number of nitrogens with zero attached hydrogens (tertiary/aromatic N) is 1. The van der Waals surface area contributed by atoms with Crippen LogP contribution < -0.4 is 0 Å². The molecule has 0 unspecified atom stereocenters. The minimum absolute atomic E-state index is 0.138. The number of aldehydes is 1. The number of imide groups is 1. The van der Waals surface area contributed by atoms with Crippen LogP contribution in [-0.2, 0) is 4.79 Å².